The molecule has 0 aliphatic carbocycles. The maximum absolute atomic E-state index is 12.1. The van der Waals surface area contributed by atoms with E-state index in [0.717, 1.165) is 6.54 Å². The second-order valence-corrected chi connectivity index (χ2v) is 3.53. The first-order chi connectivity index (χ1) is 8.81. The van der Waals surface area contributed by atoms with Crippen LogP contribution in [0.15, 0.2) is 37.2 Å². The highest BCUT2D eigenvalue weighted by Gasteiger charge is 2.11. The number of nitrogens with one attached hydrogen (secondary N) is 2. The van der Waals surface area contributed by atoms with Gasteiger partial charge in [-0.25, -0.2) is 9.97 Å². The van der Waals surface area contributed by atoms with Gasteiger partial charge in [0.2, 0.25) is 0 Å². The summed E-state index contributed by atoms with van der Waals surface area (Å²) >= 11 is 0. The lowest BCUT2D eigenvalue weighted by Crippen LogP contribution is -2.15. The molecule has 0 aliphatic rings. The molecule has 92 valence electrons. The van der Waals surface area contributed by atoms with Gasteiger partial charge in [-0.05, 0) is 13.0 Å². The zero-order valence-electron chi connectivity index (χ0n) is 9.92. The van der Waals surface area contributed by atoms with Crippen LogP contribution in [0.4, 0.5) is 11.4 Å². The molecule has 0 saturated heterocycles. The molecule has 0 atom stereocenters. The predicted molar refractivity (Wildman–Crippen MR) is 68.4 cm³/mol. The molecule has 6 nitrogen and oxygen atoms in total. The Morgan fingerprint density at radius 2 is 2.00 bits per heavy atom. The molecule has 0 spiro atoms. The van der Waals surface area contributed by atoms with E-state index in [2.05, 4.69) is 25.6 Å². The first-order valence-electron chi connectivity index (χ1n) is 5.55. The Balaban J connectivity index is 2.19. The first kappa shape index (κ1) is 12.0. The molecule has 0 bridgehead atoms. The molecule has 2 heterocycles. The lowest BCUT2D eigenvalue weighted by molar-refractivity contribution is 0.102. The fourth-order valence-corrected chi connectivity index (χ4v) is 1.49. The predicted octanol–water partition coefficient (Wildman–Crippen LogP) is 1.56. The number of anilines is 2. The standard InChI is InChI=1S/C12H13N5O/c1-2-16-11-7-13-4-3-10(11)12(18)17-9-5-14-8-15-6-9/h3-8,16H,2H2,1H3,(H,17,18). The average molecular weight is 243 g/mol. The highest BCUT2D eigenvalue weighted by Crippen LogP contribution is 2.15. The quantitative estimate of drug-likeness (QED) is 0.851. The second kappa shape index (κ2) is 5.72. The van der Waals surface area contributed by atoms with E-state index in [1.54, 1.807) is 30.9 Å². The maximum atomic E-state index is 12.1. The molecule has 0 aromatic carbocycles. The molecule has 0 fully saturated rings. The molecule has 0 aliphatic heterocycles. The normalized spacial score (nSPS) is 9.83. The number of hydrogen-bond donors (Lipinski definition) is 2. The molecule has 0 saturated carbocycles. The summed E-state index contributed by atoms with van der Waals surface area (Å²) in [7, 11) is 0. The van der Waals surface area contributed by atoms with Gasteiger partial charge in [-0.2, -0.15) is 0 Å². The summed E-state index contributed by atoms with van der Waals surface area (Å²) in [5.41, 5.74) is 1.80. The molecule has 1 amide bonds. The molecule has 0 radical (unpaired) electrons. The van der Waals surface area contributed by atoms with Crippen molar-refractivity contribution in [1.82, 2.24) is 15.0 Å². The molecule has 0 unspecified atom stereocenters. The number of amides is 1. The lowest BCUT2D eigenvalue weighted by atomic mass is 10.2. The highest BCUT2D eigenvalue weighted by atomic mass is 16.1. The van der Waals surface area contributed by atoms with Crippen molar-refractivity contribution in [3.63, 3.8) is 0 Å². The van der Waals surface area contributed by atoms with Crippen LogP contribution in [0, 0.1) is 0 Å². The number of carbonyl (C=O) groups excluding carboxylic acids is 1. The van der Waals surface area contributed by atoms with Crippen molar-refractivity contribution in [2.75, 3.05) is 17.2 Å². The molecule has 6 heteroatoms. The summed E-state index contributed by atoms with van der Waals surface area (Å²) in [6.45, 7) is 2.68. The van der Waals surface area contributed by atoms with Crippen LogP contribution < -0.4 is 10.6 Å². The zero-order valence-corrected chi connectivity index (χ0v) is 9.92. The second-order valence-electron chi connectivity index (χ2n) is 3.53. The van der Waals surface area contributed by atoms with Crippen LogP contribution in [0.1, 0.15) is 17.3 Å². The Hall–Kier alpha value is -2.50. The molecular formula is C12H13N5O. The molecule has 2 rings (SSSR count). The van der Waals surface area contributed by atoms with Crippen molar-refractivity contribution in [1.29, 1.82) is 0 Å². The summed E-state index contributed by atoms with van der Waals surface area (Å²) in [5, 5.41) is 5.81. The van der Waals surface area contributed by atoms with Gasteiger partial charge in [0.15, 0.2) is 0 Å². The Morgan fingerprint density at radius 1 is 1.22 bits per heavy atom. The van der Waals surface area contributed by atoms with Gasteiger partial charge < -0.3 is 10.6 Å². The number of nitrogens with zero attached hydrogens (tertiary/aromatic N) is 3. The molecule has 2 aromatic rings. The summed E-state index contributed by atoms with van der Waals surface area (Å²) in [6, 6.07) is 1.66. The third kappa shape index (κ3) is 2.79. The monoisotopic (exact) mass is 243 g/mol. The van der Waals surface area contributed by atoms with Gasteiger partial charge >= 0.3 is 0 Å². The summed E-state index contributed by atoms with van der Waals surface area (Å²) < 4.78 is 0. The van der Waals surface area contributed by atoms with Gasteiger partial charge in [0.1, 0.15) is 6.33 Å². The summed E-state index contributed by atoms with van der Waals surface area (Å²) in [5.74, 6) is -0.219. The van der Waals surface area contributed by atoms with E-state index in [4.69, 9.17) is 0 Å². The van der Waals surface area contributed by atoms with Gasteiger partial charge in [-0.1, -0.05) is 0 Å². The maximum Gasteiger partial charge on any atom is 0.257 e. The third-order valence-electron chi connectivity index (χ3n) is 2.25. The molecule has 2 N–H and O–H groups in total. The van der Waals surface area contributed by atoms with Crippen LogP contribution in [0.25, 0.3) is 0 Å². The van der Waals surface area contributed by atoms with Gasteiger partial charge in [0.05, 0.1) is 35.5 Å². The van der Waals surface area contributed by atoms with E-state index < -0.39 is 0 Å². The van der Waals surface area contributed by atoms with Gasteiger partial charge in [-0.15, -0.1) is 0 Å². The van der Waals surface area contributed by atoms with Crippen molar-refractivity contribution in [3.05, 3.63) is 42.7 Å². The number of aromatic nitrogens is 3. The summed E-state index contributed by atoms with van der Waals surface area (Å²) in [6.07, 6.45) is 7.70. The van der Waals surface area contributed by atoms with Gasteiger partial charge in [0.25, 0.3) is 5.91 Å². The van der Waals surface area contributed by atoms with Crippen LogP contribution in [0.3, 0.4) is 0 Å². The Morgan fingerprint density at radius 3 is 2.72 bits per heavy atom. The van der Waals surface area contributed by atoms with Gasteiger partial charge in [0, 0.05) is 12.7 Å². The lowest BCUT2D eigenvalue weighted by Gasteiger charge is -2.09. The van der Waals surface area contributed by atoms with Crippen molar-refractivity contribution < 1.29 is 4.79 Å². The minimum absolute atomic E-state index is 0.219. The van der Waals surface area contributed by atoms with E-state index >= 15 is 0 Å². The average Bonchev–Trinajstić information content (AvgIpc) is 2.41. The minimum Gasteiger partial charge on any atom is -0.383 e. The Kier molecular flexibility index (Phi) is 3.80. The zero-order chi connectivity index (χ0) is 12.8. The largest absolute Gasteiger partial charge is 0.383 e. The van der Waals surface area contributed by atoms with Crippen LogP contribution in [0.5, 0.6) is 0 Å². The number of pyridine rings is 1. The Labute approximate surface area is 105 Å². The van der Waals surface area contributed by atoms with Crippen molar-refractivity contribution in [3.8, 4) is 0 Å². The van der Waals surface area contributed by atoms with E-state index in [9.17, 15) is 4.79 Å². The van der Waals surface area contributed by atoms with E-state index in [1.165, 1.54) is 6.33 Å². The van der Waals surface area contributed by atoms with Crippen molar-refractivity contribution in [2.45, 2.75) is 6.92 Å². The third-order valence-corrected chi connectivity index (χ3v) is 2.25. The molecule has 2 aromatic heterocycles. The highest BCUT2D eigenvalue weighted by molar-refractivity contribution is 6.07. The summed E-state index contributed by atoms with van der Waals surface area (Å²) in [4.78, 5) is 23.7. The molecular weight excluding hydrogens is 230 g/mol. The number of rotatable bonds is 4. The van der Waals surface area contributed by atoms with E-state index in [1.807, 2.05) is 6.92 Å². The number of carbonyl (C=O) groups is 1. The fraction of sp³-hybridized carbons (Fsp3) is 0.167. The van der Waals surface area contributed by atoms with Crippen molar-refractivity contribution in [2.24, 2.45) is 0 Å². The van der Waals surface area contributed by atoms with Crippen LogP contribution in [-0.4, -0.2) is 27.4 Å². The van der Waals surface area contributed by atoms with Crippen LogP contribution in [-0.2, 0) is 0 Å². The smallest absolute Gasteiger partial charge is 0.257 e. The molecule has 18 heavy (non-hydrogen) atoms. The SMILES string of the molecule is CCNc1cnccc1C(=O)Nc1cncnc1. The Bertz CT molecular complexity index is 529. The van der Waals surface area contributed by atoms with Crippen LogP contribution >= 0.6 is 0 Å². The number of hydrogen-bond acceptors (Lipinski definition) is 5. The van der Waals surface area contributed by atoms with Crippen LogP contribution in [0.2, 0.25) is 0 Å². The van der Waals surface area contributed by atoms with E-state index in [0.29, 0.717) is 16.9 Å². The fourth-order valence-electron chi connectivity index (χ4n) is 1.49. The van der Waals surface area contributed by atoms with E-state index in [-0.39, 0.29) is 5.91 Å². The topological polar surface area (TPSA) is 79.8 Å². The van der Waals surface area contributed by atoms with Gasteiger partial charge in [-0.3, -0.25) is 9.78 Å². The van der Waals surface area contributed by atoms with Crippen molar-refractivity contribution >= 4 is 17.3 Å². The first-order valence-corrected chi connectivity index (χ1v) is 5.55. The minimum atomic E-state index is -0.219.